The normalized spacial score (nSPS) is 13.2. The quantitative estimate of drug-likeness (QED) is 0.687. The highest BCUT2D eigenvalue weighted by molar-refractivity contribution is 5.50. The topological polar surface area (TPSA) is 60.7 Å². The van der Waals surface area contributed by atoms with Gasteiger partial charge in [0.1, 0.15) is 5.75 Å². The van der Waals surface area contributed by atoms with Crippen molar-refractivity contribution in [3.8, 4) is 5.75 Å². The molecule has 1 aromatic rings. The van der Waals surface area contributed by atoms with Crippen molar-refractivity contribution >= 4 is 0 Å². The highest BCUT2D eigenvalue weighted by atomic mass is 16.3. The number of benzene rings is 1. The van der Waals surface area contributed by atoms with Gasteiger partial charge in [0.25, 0.3) is 0 Å². The molecule has 0 atom stereocenters. The maximum Gasteiger partial charge on any atom is 0.123 e. The van der Waals surface area contributed by atoms with Crippen molar-refractivity contribution < 1.29 is 15.3 Å². The monoisotopic (exact) mass is 334 g/mol. The molecule has 136 valence electrons. The molecule has 1 rings (SSSR count). The fraction of sp³-hybridized carbons (Fsp3) is 0.619. The molecule has 0 saturated carbocycles. The minimum absolute atomic E-state index is 0.105. The summed E-state index contributed by atoms with van der Waals surface area (Å²) < 4.78 is 0. The minimum atomic E-state index is -0.622. The van der Waals surface area contributed by atoms with Gasteiger partial charge in [-0.1, -0.05) is 59.8 Å². The molecule has 0 spiro atoms. The molecule has 1 aromatic carbocycles. The molecule has 0 heterocycles. The molecule has 3 N–H and O–H groups in total. The number of phenolic OH excluding ortho intramolecular Hbond substituents is 1. The van der Waals surface area contributed by atoms with Gasteiger partial charge in [-0.2, -0.15) is 0 Å². The van der Waals surface area contributed by atoms with E-state index in [0.29, 0.717) is 18.6 Å². The second-order valence-electron chi connectivity index (χ2n) is 9.03. The van der Waals surface area contributed by atoms with E-state index in [2.05, 4.69) is 48.1 Å². The van der Waals surface area contributed by atoms with Gasteiger partial charge in [0.2, 0.25) is 0 Å². The summed E-state index contributed by atoms with van der Waals surface area (Å²) in [5, 5.41) is 30.4. The van der Waals surface area contributed by atoms with E-state index in [4.69, 9.17) is 0 Å². The van der Waals surface area contributed by atoms with Crippen molar-refractivity contribution in [1.29, 1.82) is 0 Å². The fourth-order valence-corrected chi connectivity index (χ4v) is 3.04. The number of aliphatic hydroxyl groups excluding tert-OH is 2. The summed E-state index contributed by atoms with van der Waals surface area (Å²) in [5.41, 5.74) is 1.80. The minimum Gasteiger partial charge on any atom is -0.507 e. The number of hydrogen-bond acceptors (Lipinski definition) is 3. The first-order chi connectivity index (χ1) is 10.9. The molecule has 0 fully saturated rings. The smallest absolute Gasteiger partial charge is 0.123 e. The highest BCUT2D eigenvalue weighted by Crippen LogP contribution is 2.41. The van der Waals surface area contributed by atoms with Crippen LogP contribution in [0.25, 0.3) is 0 Å². The predicted octanol–water partition coefficient (Wildman–Crippen LogP) is 4.08. The average Bonchev–Trinajstić information content (AvgIpc) is 2.46. The Morgan fingerprint density at radius 3 is 1.62 bits per heavy atom. The zero-order chi connectivity index (χ0) is 18.8. The van der Waals surface area contributed by atoms with Crippen molar-refractivity contribution in [3.05, 3.63) is 41.5 Å². The first kappa shape index (κ1) is 20.7. The highest BCUT2D eigenvalue weighted by Gasteiger charge is 2.31. The molecule has 3 nitrogen and oxygen atoms in total. The molecular formula is C21H34O3. The second-order valence-corrected chi connectivity index (χ2v) is 9.03. The van der Waals surface area contributed by atoms with E-state index in [1.807, 2.05) is 12.1 Å². The van der Waals surface area contributed by atoms with Crippen LogP contribution in [0.5, 0.6) is 5.75 Å². The van der Waals surface area contributed by atoms with Crippen LogP contribution in [-0.4, -0.2) is 28.5 Å². The molecule has 0 aromatic heterocycles. The summed E-state index contributed by atoms with van der Waals surface area (Å²) >= 11 is 0. The van der Waals surface area contributed by atoms with Crippen LogP contribution in [-0.2, 0) is 17.3 Å². The Labute approximate surface area is 147 Å². The summed E-state index contributed by atoms with van der Waals surface area (Å²) in [4.78, 5) is 0. The van der Waals surface area contributed by atoms with Gasteiger partial charge in [-0.15, -0.1) is 6.58 Å². The van der Waals surface area contributed by atoms with Crippen LogP contribution in [0.15, 0.2) is 24.8 Å². The fourth-order valence-electron chi connectivity index (χ4n) is 3.04. The number of rotatable bonds is 6. The Morgan fingerprint density at radius 1 is 0.917 bits per heavy atom. The third-order valence-corrected chi connectivity index (χ3v) is 4.61. The van der Waals surface area contributed by atoms with E-state index in [-0.39, 0.29) is 24.0 Å². The second kappa shape index (κ2) is 7.28. The van der Waals surface area contributed by atoms with Crippen molar-refractivity contribution in [2.24, 2.45) is 5.41 Å². The molecule has 0 unspecified atom stereocenters. The summed E-state index contributed by atoms with van der Waals surface area (Å²) in [6, 6.07) is 4.02. The van der Waals surface area contributed by atoms with Crippen molar-refractivity contribution in [3.63, 3.8) is 0 Å². The van der Waals surface area contributed by atoms with Crippen LogP contribution in [0.1, 0.15) is 64.7 Å². The number of aliphatic hydroxyl groups is 2. The lowest BCUT2D eigenvalue weighted by atomic mass is 9.75. The molecule has 0 amide bonds. The predicted molar refractivity (Wildman–Crippen MR) is 101 cm³/mol. The number of hydrogen-bond donors (Lipinski definition) is 3. The molecule has 24 heavy (non-hydrogen) atoms. The van der Waals surface area contributed by atoms with Crippen LogP contribution in [0, 0.1) is 5.41 Å². The van der Waals surface area contributed by atoms with Gasteiger partial charge in [0, 0.05) is 5.41 Å². The zero-order valence-corrected chi connectivity index (χ0v) is 16.1. The molecule has 0 aliphatic heterocycles. The molecule has 0 saturated heterocycles. The Hall–Kier alpha value is -1.32. The van der Waals surface area contributed by atoms with Crippen LogP contribution in [0.3, 0.4) is 0 Å². The molecule has 0 radical (unpaired) electrons. The maximum absolute atomic E-state index is 10.8. The first-order valence-electron chi connectivity index (χ1n) is 8.60. The molecule has 3 heteroatoms. The summed E-state index contributed by atoms with van der Waals surface area (Å²) in [6.45, 7) is 16.0. The van der Waals surface area contributed by atoms with E-state index in [9.17, 15) is 15.3 Å². The van der Waals surface area contributed by atoms with E-state index < -0.39 is 5.41 Å². The molecular weight excluding hydrogens is 300 g/mol. The van der Waals surface area contributed by atoms with E-state index >= 15 is 0 Å². The third kappa shape index (κ3) is 4.61. The van der Waals surface area contributed by atoms with E-state index in [1.165, 1.54) is 0 Å². The van der Waals surface area contributed by atoms with Crippen molar-refractivity contribution in [2.45, 2.75) is 65.2 Å². The van der Waals surface area contributed by atoms with Crippen molar-refractivity contribution in [1.82, 2.24) is 0 Å². The van der Waals surface area contributed by atoms with E-state index in [0.717, 1.165) is 16.7 Å². The van der Waals surface area contributed by atoms with Gasteiger partial charge in [0.15, 0.2) is 0 Å². The van der Waals surface area contributed by atoms with Gasteiger partial charge >= 0.3 is 0 Å². The van der Waals surface area contributed by atoms with Gasteiger partial charge in [0.05, 0.1) is 13.2 Å². The summed E-state index contributed by atoms with van der Waals surface area (Å²) in [7, 11) is 0. The van der Waals surface area contributed by atoms with Gasteiger partial charge in [-0.25, -0.2) is 0 Å². The Morgan fingerprint density at radius 2 is 1.33 bits per heavy atom. The summed E-state index contributed by atoms with van der Waals surface area (Å²) in [6.07, 6.45) is 2.82. The Kier molecular flexibility index (Phi) is 6.29. The van der Waals surface area contributed by atoms with Gasteiger partial charge in [-0.3, -0.25) is 0 Å². The SMILES string of the molecule is C=CCC(CO)(CO)Cc1cc(C(C)(C)C)c(O)c(C(C)(C)C)c1. The lowest BCUT2D eigenvalue weighted by Gasteiger charge is -2.32. The van der Waals surface area contributed by atoms with Crippen LogP contribution < -0.4 is 0 Å². The Balaban J connectivity index is 3.51. The zero-order valence-electron chi connectivity index (χ0n) is 16.1. The third-order valence-electron chi connectivity index (χ3n) is 4.61. The van der Waals surface area contributed by atoms with Crippen LogP contribution in [0.4, 0.5) is 0 Å². The maximum atomic E-state index is 10.8. The van der Waals surface area contributed by atoms with Crippen molar-refractivity contribution in [2.75, 3.05) is 13.2 Å². The number of allylic oxidation sites excluding steroid dienone is 1. The van der Waals surface area contributed by atoms with Crippen LogP contribution >= 0.6 is 0 Å². The molecule has 0 aliphatic rings. The molecule has 0 bridgehead atoms. The lowest BCUT2D eigenvalue weighted by molar-refractivity contribution is 0.0570. The largest absolute Gasteiger partial charge is 0.507 e. The Bertz CT molecular complexity index is 535. The first-order valence-corrected chi connectivity index (χ1v) is 8.60. The molecule has 0 aliphatic carbocycles. The van der Waals surface area contributed by atoms with Crippen LogP contribution in [0.2, 0.25) is 0 Å². The lowest BCUT2D eigenvalue weighted by Crippen LogP contribution is -2.32. The van der Waals surface area contributed by atoms with Gasteiger partial charge in [-0.05, 0) is 40.4 Å². The average molecular weight is 335 g/mol. The summed E-state index contributed by atoms with van der Waals surface area (Å²) in [5.74, 6) is 0.348. The number of aromatic hydroxyl groups is 1. The standard InChI is InChI=1S/C21H34O3/c1-8-9-21(13-22,14-23)12-15-10-16(19(2,3)4)18(24)17(11-15)20(5,6)7/h8,10-11,22-24H,1,9,12-14H2,2-7H3. The van der Waals surface area contributed by atoms with E-state index in [1.54, 1.807) is 6.08 Å². The number of phenols is 1. The van der Waals surface area contributed by atoms with Gasteiger partial charge < -0.3 is 15.3 Å².